The summed E-state index contributed by atoms with van der Waals surface area (Å²) in [6.07, 6.45) is 3.24. The number of hydrogen-bond acceptors (Lipinski definition) is 6. The summed E-state index contributed by atoms with van der Waals surface area (Å²) in [5, 5.41) is 12.9. The van der Waals surface area contributed by atoms with E-state index in [0.29, 0.717) is 24.5 Å². The number of anilines is 1. The largest absolute Gasteiger partial charge is 0.493 e. The third-order valence-electron chi connectivity index (χ3n) is 5.45. The number of rotatable bonds is 3. The lowest BCUT2D eigenvalue weighted by atomic mass is 9.74. The number of carboxylic acids is 1. The van der Waals surface area contributed by atoms with Crippen molar-refractivity contribution in [1.29, 1.82) is 0 Å². The predicted octanol–water partition coefficient (Wildman–Crippen LogP) is 1.30. The summed E-state index contributed by atoms with van der Waals surface area (Å²) in [4.78, 5) is 34.9. The SMILES string of the molecule is CNc1ncc(C(=O)N2C[C@H]3COc4ccccc4C[C@@]3(C(=O)O)C2)cn1. The monoisotopic (exact) mass is 368 g/mol. The second-order valence-electron chi connectivity index (χ2n) is 6.98. The van der Waals surface area contributed by atoms with E-state index in [1.165, 1.54) is 12.4 Å². The van der Waals surface area contributed by atoms with Gasteiger partial charge in [0.25, 0.3) is 5.91 Å². The lowest BCUT2D eigenvalue weighted by Crippen LogP contribution is -2.42. The van der Waals surface area contributed by atoms with Gasteiger partial charge in [0.15, 0.2) is 0 Å². The van der Waals surface area contributed by atoms with E-state index in [1.807, 2.05) is 24.3 Å². The normalized spacial score (nSPS) is 23.6. The van der Waals surface area contributed by atoms with Gasteiger partial charge in [0.05, 0.1) is 17.6 Å². The van der Waals surface area contributed by atoms with Crippen LogP contribution in [0.25, 0.3) is 0 Å². The Balaban J connectivity index is 1.63. The number of hydrogen-bond donors (Lipinski definition) is 2. The van der Waals surface area contributed by atoms with Crippen LogP contribution >= 0.6 is 0 Å². The number of amides is 1. The molecule has 0 bridgehead atoms. The Morgan fingerprint density at radius 3 is 2.74 bits per heavy atom. The van der Waals surface area contributed by atoms with E-state index in [2.05, 4.69) is 15.3 Å². The molecule has 2 N–H and O–H groups in total. The standard InChI is InChI=1S/C19H20N4O4/c1-20-18-21-7-13(8-22-18)16(24)23-9-14-10-27-15-5-3-2-4-12(15)6-19(14,11-23)17(25)26/h2-5,7-8,14H,6,9-11H2,1H3,(H,25,26)(H,20,21,22)/t14-,19+/m0/s1. The number of aromatic nitrogens is 2. The van der Waals surface area contributed by atoms with Crippen molar-refractivity contribution >= 4 is 17.8 Å². The maximum Gasteiger partial charge on any atom is 0.312 e. The van der Waals surface area contributed by atoms with Gasteiger partial charge in [0.1, 0.15) is 5.75 Å². The van der Waals surface area contributed by atoms with Crippen LogP contribution in [0.3, 0.4) is 0 Å². The zero-order valence-electron chi connectivity index (χ0n) is 14.9. The number of benzene rings is 1. The fourth-order valence-corrected chi connectivity index (χ4v) is 3.93. The van der Waals surface area contributed by atoms with Gasteiger partial charge < -0.3 is 20.1 Å². The number of nitrogens with one attached hydrogen (secondary N) is 1. The molecule has 1 aromatic carbocycles. The van der Waals surface area contributed by atoms with Crippen molar-refractivity contribution < 1.29 is 19.4 Å². The molecule has 1 saturated heterocycles. The highest BCUT2D eigenvalue weighted by molar-refractivity contribution is 5.94. The van der Waals surface area contributed by atoms with Crippen LogP contribution in [-0.2, 0) is 11.2 Å². The van der Waals surface area contributed by atoms with E-state index in [0.717, 1.165) is 11.3 Å². The molecule has 8 nitrogen and oxygen atoms in total. The summed E-state index contributed by atoms with van der Waals surface area (Å²) < 4.78 is 5.87. The molecule has 2 aromatic rings. The van der Waals surface area contributed by atoms with Crippen LogP contribution < -0.4 is 10.1 Å². The van der Waals surface area contributed by atoms with Crippen molar-refractivity contribution in [2.75, 3.05) is 32.1 Å². The number of ether oxygens (including phenoxy) is 1. The first-order chi connectivity index (χ1) is 13.0. The molecule has 1 amide bonds. The smallest absolute Gasteiger partial charge is 0.312 e. The summed E-state index contributed by atoms with van der Waals surface area (Å²) in [5.41, 5.74) is 0.138. The van der Waals surface area contributed by atoms with Gasteiger partial charge in [-0.25, -0.2) is 9.97 Å². The first-order valence-corrected chi connectivity index (χ1v) is 8.76. The minimum absolute atomic E-state index is 0.136. The minimum atomic E-state index is -1.06. The van der Waals surface area contributed by atoms with E-state index < -0.39 is 11.4 Å². The number of likely N-dealkylation sites (tertiary alicyclic amines) is 1. The zero-order chi connectivity index (χ0) is 19.0. The summed E-state index contributed by atoms with van der Waals surface area (Å²) in [5.74, 6) is -0.306. The van der Waals surface area contributed by atoms with Crippen molar-refractivity contribution in [2.24, 2.45) is 11.3 Å². The van der Waals surface area contributed by atoms with Crippen LogP contribution in [-0.4, -0.2) is 58.6 Å². The van der Waals surface area contributed by atoms with E-state index >= 15 is 0 Å². The molecule has 0 radical (unpaired) electrons. The first-order valence-electron chi connectivity index (χ1n) is 8.76. The molecule has 3 heterocycles. The highest BCUT2D eigenvalue weighted by Crippen LogP contribution is 2.44. The maximum absolute atomic E-state index is 12.9. The number of carbonyl (C=O) groups is 2. The molecule has 2 aliphatic heterocycles. The van der Waals surface area contributed by atoms with E-state index in [9.17, 15) is 14.7 Å². The topological polar surface area (TPSA) is 105 Å². The fraction of sp³-hybridized carbons (Fsp3) is 0.368. The molecule has 0 spiro atoms. The van der Waals surface area contributed by atoms with Gasteiger partial charge in [0.2, 0.25) is 5.95 Å². The third-order valence-corrected chi connectivity index (χ3v) is 5.45. The molecule has 4 rings (SSSR count). The number of para-hydroxylation sites is 1. The van der Waals surface area contributed by atoms with Crippen molar-refractivity contribution in [2.45, 2.75) is 6.42 Å². The number of carboxylic acid groups (broad SMARTS) is 1. The predicted molar refractivity (Wildman–Crippen MR) is 96.7 cm³/mol. The van der Waals surface area contributed by atoms with Crippen molar-refractivity contribution in [3.63, 3.8) is 0 Å². The third kappa shape index (κ3) is 2.87. The van der Waals surface area contributed by atoms with Gasteiger partial charge in [-0.3, -0.25) is 9.59 Å². The molecule has 2 atom stereocenters. The Labute approximate surface area is 156 Å². The Kier molecular flexibility index (Phi) is 4.18. The van der Waals surface area contributed by atoms with Crippen LogP contribution in [0, 0.1) is 11.3 Å². The van der Waals surface area contributed by atoms with E-state index in [1.54, 1.807) is 11.9 Å². The lowest BCUT2D eigenvalue weighted by molar-refractivity contribution is -0.150. The highest BCUT2D eigenvalue weighted by Gasteiger charge is 2.55. The van der Waals surface area contributed by atoms with E-state index in [4.69, 9.17) is 4.74 Å². The molecule has 1 aromatic heterocycles. The molecular formula is C19H20N4O4. The molecule has 140 valence electrons. The molecule has 2 aliphatic rings. The maximum atomic E-state index is 12.9. The van der Waals surface area contributed by atoms with Gasteiger partial charge in [-0.15, -0.1) is 0 Å². The van der Waals surface area contributed by atoms with Crippen LogP contribution in [0.4, 0.5) is 5.95 Å². The molecule has 1 fully saturated rings. The number of nitrogens with zero attached hydrogens (tertiary/aromatic N) is 3. The minimum Gasteiger partial charge on any atom is -0.493 e. The highest BCUT2D eigenvalue weighted by atomic mass is 16.5. The second-order valence-corrected chi connectivity index (χ2v) is 6.98. The average Bonchev–Trinajstić information content (AvgIpc) is 2.98. The number of fused-ring (bicyclic) bond motifs is 2. The van der Waals surface area contributed by atoms with Crippen molar-refractivity contribution in [3.05, 3.63) is 47.8 Å². The van der Waals surface area contributed by atoms with Crippen LogP contribution in [0.5, 0.6) is 5.75 Å². The Morgan fingerprint density at radius 1 is 1.30 bits per heavy atom. The Bertz CT molecular complexity index is 886. The molecule has 27 heavy (non-hydrogen) atoms. The molecule has 0 saturated carbocycles. The zero-order valence-corrected chi connectivity index (χ0v) is 14.9. The summed E-state index contributed by atoms with van der Waals surface area (Å²) >= 11 is 0. The van der Waals surface area contributed by atoms with Crippen LogP contribution in [0.2, 0.25) is 0 Å². The quantitative estimate of drug-likeness (QED) is 0.841. The van der Waals surface area contributed by atoms with Gasteiger partial charge in [-0.05, 0) is 18.1 Å². The summed E-state index contributed by atoms with van der Waals surface area (Å²) in [7, 11) is 1.69. The Morgan fingerprint density at radius 2 is 2.04 bits per heavy atom. The van der Waals surface area contributed by atoms with E-state index in [-0.39, 0.29) is 25.0 Å². The summed E-state index contributed by atoms with van der Waals surface area (Å²) in [6, 6.07) is 7.49. The van der Waals surface area contributed by atoms with Gasteiger partial charge in [0, 0.05) is 38.4 Å². The van der Waals surface area contributed by atoms with Crippen molar-refractivity contribution in [3.8, 4) is 5.75 Å². The van der Waals surface area contributed by atoms with Crippen LogP contribution in [0.15, 0.2) is 36.7 Å². The van der Waals surface area contributed by atoms with Gasteiger partial charge >= 0.3 is 5.97 Å². The lowest BCUT2D eigenvalue weighted by Gasteiger charge is -2.27. The molecule has 8 heteroatoms. The molecule has 0 aliphatic carbocycles. The number of carbonyl (C=O) groups excluding carboxylic acids is 1. The Hall–Kier alpha value is -3.16. The fourth-order valence-electron chi connectivity index (χ4n) is 3.93. The summed E-state index contributed by atoms with van der Waals surface area (Å²) in [6.45, 7) is 0.729. The second kappa shape index (κ2) is 6.53. The number of aliphatic carboxylic acids is 1. The molecule has 0 unspecified atom stereocenters. The van der Waals surface area contributed by atoms with Crippen molar-refractivity contribution in [1.82, 2.24) is 14.9 Å². The van der Waals surface area contributed by atoms with Gasteiger partial charge in [-0.1, -0.05) is 18.2 Å². The average molecular weight is 368 g/mol. The first kappa shape index (κ1) is 17.3. The van der Waals surface area contributed by atoms with Gasteiger partial charge in [-0.2, -0.15) is 0 Å². The molecular weight excluding hydrogens is 348 g/mol. The van der Waals surface area contributed by atoms with Crippen LogP contribution in [0.1, 0.15) is 15.9 Å².